The van der Waals surface area contributed by atoms with Crippen molar-refractivity contribution in [3.05, 3.63) is 51.7 Å². The fourth-order valence-electron chi connectivity index (χ4n) is 2.75. The first kappa shape index (κ1) is 14.2. The van der Waals surface area contributed by atoms with Crippen molar-refractivity contribution in [2.75, 3.05) is 13.1 Å². The summed E-state index contributed by atoms with van der Waals surface area (Å²) in [5, 5.41) is 0.917. The smallest absolute Gasteiger partial charge is 0.265 e. The lowest BCUT2D eigenvalue weighted by Gasteiger charge is -2.15. The summed E-state index contributed by atoms with van der Waals surface area (Å²) in [4.78, 5) is 19.1. The Kier molecular flexibility index (Phi) is 4.01. The van der Waals surface area contributed by atoms with Gasteiger partial charge in [-0.2, -0.15) is 0 Å². The molecule has 1 atom stereocenters. The maximum Gasteiger partial charge on any atom is 0.265 e. The summed E-state index contributed by atoms with van der Waals surface area (Å²) in [6.45, 7) is 3.47. The molecule has 1 saturated heterocycles. The standard InChI is InChI=1S/C16H17FN2OS/c1-11-18-9-15(21-11)16(20)19-7-6-13(10-19)8-12-2-4-14(17)5-3-12/h2-5,9,13H,6-8,10H2,1H3. The molecule has 1 unspecified atom stereocenters. The number of likely N-dealkylation sites (tertiary alicyclic amines) is 1. The highest BCUT2D eigenvalue weighted by Crippen LogP contribution is 2.24. The first-order chi connectivity index (χ1) is 10.1. The van der Waals surface area contributed by atoms with E-state index in [1.54, 1.807) is 6.20 Å². The summed E-state index contributed by atoms with van der Waals surface area (Å²) in [5.41, 5.74) is 1.13. The van der Waals surface area contributed by atoms with Crippen molar-refractivity contribution >= 4 is 17.2 Å². The predicted octanol–water partition coefficient (Wildman–Crippen LogP) is 3.30. The topological polar surface area (TPSA) is 33.2 Å². The van der Waals surface area contributed by atoms with Gasteiger partial charge in [0, 0.05) is 13.1 Å². The second kappa shape index (κ2) is 5.93. The molecule has 0 radical (unpaired) electrons. The molecule has 1 aromatic carbocycles. The van der Waals surface area contributed by atoms with Crippen LogP contribution in [0.25, 0.3) is 0 Å². The molecule has 1 aromatic heterocycles. The molecular weight excluding hydrogens is 287 g/mol. The normalized spacial score (nSPS) is 18.2. The van der Waals surface area contributed by atoms with Gasteiger partial charge in [-0.25, -0.2) is 9.37 Å². The molecule has 110 valence electrons. The lowest BCUT2D eigenvalue weighted by molar-refractivity contribution is 0.0791. The van der Waals surface area contributed by atoms with Crippen molar-refractivity contribution in [3.63, 3.8) is 0 Å². The zero-order valence-electron chi connectivity index (χ0n) is 11.9. The number of nitrogens with zero attached hydrogens (tertiary/aromatic N) is 2. The van der Waals surface area contributed by atoms with Gasteiger partial charge >= 0.3 is 0 Å². The summed E-state index contributed by atoms with van der Waals surface area (Å²) >= 11 is 1.45. The highest BCUT2D eigenvalue weighted by atomic mass is 32.1. The van der Waals surface area contributed by atoms with Gasteiger partial charge in [0.25, 0.3) is 5.91 Å². The molecule has 0 spiro atoms. The van der Waals surface area contributed by atoms with E-state index >= 15 is 0 Å². The minimum absolute atomic E-state index is 0.0854. The fraction of sp³-hybridized carbons (Fsp3) is 0.375. The number of rotatable bonds is 3. The van der Waals surface area contributed by atoms with Crippen LogP contribution in [0.3, 0.4) is 0 Å². The molecule has 2 heterocycles. The van der Waals surface area contributed by atoms with Gasteiger partial charge in [0.15, 0.2) is 0 Å². The summed E-state index contributed by atoms with van der Waals surface area (Å²) in [5.74, 6) is 0.332. The Labute approximate surface area is 127 Å². The van der Waals surface area contributed by atoms with Crippen molar-refractivity contribution in [2.45, 2.75) is 19.8 Å². The van der Waals surface area contributed by atoms with Crippen LogP contribution in [-0.2, 0) is 6.42 Å². The molecule has 0 N–H and O–H groups in total. The summed E-state index contributed by atoms with van der Waals surface area (Å²) in [7, 11) is 0. The van der Waals surface area contributed by atoms with E-state index in [0.29, 0.717) is 5.92 Å². The van der Waals surface area contributed by atoms with E-state index in [1.165, 1.54) is 23.5 Å². The Morgan fingerprint density at radius 2 is 2.19 bits per heavy atom. The number of aromatic nitrogens is 1. The molecule has 1 amide bonds. The third-order valence-corrected chi connectivity index (χ3v) is 4.74. The van der Waals surface area contributed by atoms with Gasteiger partial charge < -0.3 is 4.90 Å². The maximum absolute atomic E-state index is 12.9. The summed E-state index contributed by atoms with van der Waals surface area (Å²) in [6.07, 6.45) is 3.56. The molecule has 5 heteroatoms. The fourth-order valence-corrected chi connectivity index (χ4v) is 3.50. The lowest BCUT2D eigenvalue weighted by atomic mass is 9.99. The van der Waals surface area contributed by atoms with E-state index in [9.17, 15) is 9.18 Å². The Morgan fingerprint density at radius 1 is 1.43 bits per heavy atom. The average molecular weight is 304 g/mol. The molecule has 0 aliphatic carbocycles. The van der Waals surface area contributed by atoms with Crippen LogP contribution in [0.5, 0.6) is 0 Å². The van der Waals surface area contributed by atoms with E-state index in [1.807, 2.05) is 24.0 Å². The first-order valence-electron chi connectivity index (χ1n) is 7.08. The molecule has 21 heavy (non-hydrogen) atoms. The monoisotopic (exact) mass is 304 g/mol. The van der Waals surface area contributed by atoms with Crippen LogP contribution < -0.4 is 0 Å². The summed E-state index contributed by atoms with van der Waals surface area (Å²) in [6, 6.07) is 6.64. The average Bonchev–Trinajstić information content (AvgIpc) is 3.10. The van der Waals surface area contributed by atoms with E-state index in [4.69, 9.17) is 0 Å². The molecular formula is C16H17FN2OS. The van der Waals surface area contributed by atoms with Crippen LogP contribution >= 0.6 is 11.3 Å². The Morgan fingerprint density at radius 3 is 2.86 bits per heavy atom. The molecule has 3 rings (SSSR count). The summed E-state index contributed by atoms with van der Waals surface area (Å²) < 4.78 is 12.9. The van der Waals surface area contributed by atoms with Crippen LogP contribution in [0.1, 0.15) is 26.7 Å². The highest BCUT2D eigenvalue weighted by molar-refractivity contribution is 7.13. The number of carbonyl (C=O) groups is 1. The number of halogens is 1. The maximum atomic E-state index is 12.9. The number of aryl methyl sites for hydroxylation is 1. The number of amides is 1. The molecule has 0 bridgehead atoms. The number of hydrogen-bond donors (Lipinski definition) is 0. The molecule has 1 fully saturated rings. The van der Waals surface area contributed by atoms with Gasteiger partial charge in [-0.1, -0.05) is 12.1 Å². The van der Waals surface area contributed by atoms with Crippen LogP contribution in [0, 0.1) is 18.7 Å². The van der Waals surface area contributed by atoms with E-state index in [2.05, 4.69) is 4.98 Å². The molecule has 2 aromatic rings. The number of thiazole rings is 1. The van der Waals surface area contributed by atoms with E-state index in [-0.39, 0.29) is 11.7 Å². The minimum Gasteiger partial charge on any atom is -0.338 e. The van der Waals surface area contributed by atoms with Gasteiger partial charge in [0.2, 0.25) is 0 Å². The predicted molar refractivity (Wildman–Crippen MR) is 81.0 cm³/mol. The largest absolute Gasteiger partial charge is 0.338 e. The zero-order chi connectivity index (χ0) is 14.8. The van der Waals surface area contributed by atoms with Gasteiger partial charge in [0.1, 0.15) is 10.7 Å². The van der Waals surface area contributed by atoms with Gasteiger partial charge in [-0.3, -0.25) is 4.79 Å². The molecule has 1 aliphatic rings. The van der Waals surface area contributed by atoms with Crippen LogP contribution in [0.2, 0.25) is 0 Å². The zero-order valence-corrected chi connectivity index (χ0v) is 12.7. The van der Waals surface area contributed by atoms with E-state index in [0.717, 1.165) is 41.4 Å². The second-order valence-electron chi connectivity index (χ2n) is 5.48. The minimum atomic E-state index is -0.206. The SMILES string of the molecule is Cc1ncc(C(=O)N2CCC(Cc3ccc(F)cc3)C2)s1. The highest BCUT2D eigenvalue weighted by Gasteiger charge is 2.27. The third-order valence-electron chi connectivity index (χ3n) is 3.84. The van der Waals surface area contributed by atoms with Crippen molar-refractivity contribution in [1.82, 2.24) is 9.88 Å². The third kappa shape index (κ3) is 3.29. The van der Waals surface area contributed by atoms with Gasteiger partial charge in [-0.15, -0.1) is 11.3 Å². The Hall–Kier alpha value is -1.75. The molecule has 0 saturated carbocycles. The van der Waals surface area contributed by atoms with E-state index < -0.39 is 0 Å². The van der Waals surface area contributed by atoms with Crippen LogP contribution in [-0.4, -0.2) is 28.9 Å². The van der Waals surface area contributed by atoms with Crippen molar-refractivity contribution in [1.29, 1.82) is 0 Å². The number of carbonyl (C=O) groups excluding carboxylic acids is 1. The quantitative estimate of drug-likeness (QED) is 0.872. The Bertz CT molecular complexity index is 638. The van der Waals surface area contributed by atoms with Gasteiger partial charge in [0.05, 0.1) is 11.2 Å². The van der Waals surface area contributed by atoms with Crippen molar-refractivity contribution in [2.24, 2.45) is 5.92 Å². The number of benzene rings is 1. The molecule has 1 aliphatic heterocycles. The van der Waals surface area contributed by atoms with Crippen molar-refractivity contribution < 1.29 is 9.18 Å². The first-order valence-corrected chi connectivity index (χ1v) is 7.89. The lowest BCUT2D eigenvalue weighted by Crippen LogP contribution is -2.28. The second-order valence-corrected chi connectivity index (χ2v) is 6.71. The van der Waals surface area contributed by atoms with Crippen molar-refractivity contribution in [3.8, 4) is 0 Å². The Balaban J connectivity index is 1.60. The van der Waals surface area contributed by atoms with Gasteiger partial charge in [-0.05, 0) is 43.4 Å². The van der Waals surface area contributed by atoms with Crippen LogP contribution in [0.15, 0.2) is 30.5 Å². The van der Waals surface area contributed by atoms with Crippen LogP contribution in [0.4, 0.5) is 4.39 Å². The molecule has 3 nitrogen and oxygen atoms in total. The number of hydrogen-bond acceptors (Lipinski definition) is 3.